The monoisotopic (exact) mass is 764 g/mol. The summed E-state index contributed by atoms with van der Waals surface area (Å²) in [6.45, 7) is 5.77. The largest absolute Gasteiger partial charge is 0.384 e. The molecule has 16 nitrogen and oxygen atoms in total. The number of hydrogen-bond acceptors (Lipinski definition) is 12. The van der Waals surface area contributed by atoms with Crippen molar-refractivity contribution in [3.05, 3.63) is 52.5 Å². The molecule has 3 spiro atoms. The van der Waals surface area contributed by atoms with Crippen LogP contribution in [-0.2, 0) is 15.3 Å². The van der Waals surface area contributed by atoms with Gasteiger partial charge in [-0.2, -0.15) is 0 Å². The first kappa shape index (κ1) is 36.7. The van der Waals surface area contributed by atoms with Crippen molar-refractivity contribution in [2.75, 3.05) is 54.9 Å². The molecule has 56 heavy (non-hydrogen) atoms. The smallest absolute Gasteiger partial charge is 0.276 e. The Morgan fingerprint density at radius 2 is 1.46 bits per heavy atom. The van der Waals surface area contributed by atoms with Crippen LogP contribution in [-0.4, -0.2) is 80.4 Å². The third kappa shape index (κ3) is 6.69. The first-order valence-electron chi connectivity index (χ1n) is 20.1. The molecule has 0 unspecified atom stereocenters. The van der Waals surface area contributed by atoms with Crippen molar-refractivity contribution in [1.82, 2.24) is 40.0 Å². The minimum Gasteiger partial charge on any atom is -0.384 e. The van der Waals surface area contributed by atoms with E-state index in [1.54, 1.807) is 22.8 Å². The molecule has 296 valence electrons. The third-order valence-electron chi connectivity index (χ3n) is 13.9. The summed E-state index contributed by atoms with van der Waals surface area (Å²) < 4.78 is 1.69. The number of amides is 3. The molecule has 9 rings (SSSR count). The van der Waals surface area contributed by atoms with Crippen LogP contribution in [0.4, 0.5) is 29.0 Å². The lowest BCUT2D eigenvalue weighted by Crippen LogP contribution is -2.63. The number of aromatic nitrogens is 5. The maximum absolute atomic E-state index is 14.0. The number of anilines is 5. The van der Waals surface area contributed by atoms with Gasteiger partial charge in [-0.05, 0) is 125 Å². The summed E-state index contributed by atoms with van der Waals surface area (Å²) in [7, 11) is 1.97. The van der Waals surface area contributed by atoms with Crippen LogP contribution in [0.5, 0.6) is 0 Å². The van der Waals surface area contributed by atoms with E-state index in [0.29, 0.717) is 40.1 Å². The molecule has 0 radical (unpaired) electrons. The van der Waals surface area contributed by atoms with Gasteiger partial charge in [0.1, 0.15) is 53.0 Å². The van der Waals surface area contributed by atoms with Crippen molar-refractivity contribution in [2.24, 2.45) is 28.1 Å². The minimum atomic E-state index is -0.689. The Labute approximate surface area is 325 Å². The number of fused-ring (bicyclic) bond motifs is 2. The van der Waals surface area contributed by atoms with Crippen LogP contribution in [0, 0.1) is 35.0 Å². The number of pyridine rings is 1. The Kier molecular flexibility index (Phi) is 8.91. The van der Waals surface area contributed by atoms with Gasteiger partial charge in [0, 0.05) is 43.6 Å². The fourth-order valence-electron chi connectivity index (χ4n) is 10.7. The Balaban J connectivity index is 0.751. The summed E-state index contributed by atoms with van der Waals surface area (Å²) in [5.41, 5.74) is 6.97. The summed E-state index contributed by atoms with van der Waals surface area (Å²) in [5.74, 6) is 1.16. The van der Waals surface area contributed by atoms with Crippen LogP contribution in [0.15, 0.2) is 35.6 Å². The molecule has 3 aromatic rings. The SMILES string of the molecule is CNCC1(CCCN2CC3(CC(C(=O)Nc4cc(N)ncn4)C3)C2)CC(C(=O)Nc2cc(Nc3cc(C)c4n(c3=O)C3(CCC5(CC5)CC3)NC4=O)ncn2)C1. The van der Waals surface area contributed by atoms with Crippen molar-refractivity contribution in [2.45, 2.75) is 89.6 Å². The molecule has 0 aromatic carbocycles. The molecule has 1 saturated heterocycles. The topological polar surface area (TPSA) is 214 Å². The molecule has 5 heterocycles. The summed E-state index contributed by atoms with van der Waals surface area (Å²) in [5, 5.41) is 15.6. The standard InChI is InChI=1S/C40H52N12O4/c1-24-12-27(36(56)52-32(24)35(55)50-40(52)9-7-37(5-6-37)8-10-40)47-30-14-31(46-23-45-30)49-33(53)25-15-38(16-25,19-42-2)4-3-11-51-20-39(21-51)17-26(18-39)34(54)48-29-13-28(41)43-22-44-29/h12-14,22-23,25-26,42H,3-11,15-21H2,1-2H3,(H,50,55)(H3,41,43,44,48,54)(H2,45,46,47,49,53). The van der Waals surface area contributed by atoms with E-state index >= 15 is 0 Å². The summed E-state index contributed by atoms with van der Waals surface area (Å²) >= 11 is 0. The first-order chi connectivity index (χ1) is 26.9. The van der Waals surface area contributed by atoms with Gasteiger partial charge in [0.15, 0.2) is 0 Å². The van der Waals surface area contributed by atoms with Crippen molar-refractivity contribution >= 4 is 46.7 Å². The Hall–Kier alpha value is -4.96. The van der Waals surface area contributed by atoms with Crippen molar-refractivity contribution in [3.8, 4) is 0 Å². The number of carbonyl (C=O) groups excluding carboxylic acids is 3. The van der Waals surface area contributed by atoms with Gasteiger partial charge in [-0.15, -0.1) is 0 Å². The van der Waals surface area contributed by atoms with Gasteiger partial charge >= 0.3 is 0 Å². The minimum absolute atomic E-state index is 0.000739. The van der Waals surface area contributed by atoms with Gasteiger partial charge in [-0.3, -0.25) is 23.7 Å². The quantitative estimate of drug-likeness (QED) is 0.156. The number of aryl methyl sites for hydroxylation is 1. The number of rotatable bonds is 12. The second kappa shape index (κ2) is 13.6. The first-order valence-corrected chi connectivity index (χ1v) is 20.1. The maximum atomic E-state index is 14.0. The molecule has 4 aliphatic carbocycles. The normalized spacial score (nSPS) is 25.1. The molecular formula is C40H52N12O4. The lowest BCUT2D eigenvalue weighted by Gasteiger charge is -2.59. The van der Waals surface area contributed by atoms with Crippen LogP contribution >= 0.6 is 0 Å². The molecule has 16 heteroatoms. The van der Waals surface area contributed by atoms with Gasteiger partial charge in [-0.25, -0.2) is 19.9 Å². The average Bonchev–Trinajstić information content (AvgIpc) is 3.81. The van der Waals surface area contributed by atoms with Gasteiger partial charge < -0.3 is 37.2 Å². The van der Waals surface area contributed by atoms with Crippen molar-refractivity contribution in [3.63, 3.8) is 0 Å². The molecule has 3 amide bonds. The zero-order valence-electron chi connectivity index (χ0n) is 32.2. The summed E-state index contributed by atoms with van der Waals surface area (Å²) in [6, 6.07) is 4.92. The maximum Gasteiger partial charge on any atom is 0.276 e. The number of nitrogens with zero attached hydrogens (tertiary/aromatic N) is 6. The predicted octanol–water partition coefficient (Wildman–Crippen LogP) is 3.50. The highest BCUT2D eigenvalue weighted by atomic mass is 16.2. The molecule has 0 bridgehead atoms. The fraction of sp³-hybridized carbons (Fsp3) is 0.600. The molecular weight excluding hydrogens is 713 g/mol. The number of likely N-dealkylation sites (tertiary alicyclic amines) is 1. The van der Waals surface area contributed by atoms with E-state index in [9.17, 15) is 19.2 Å². The van der Waals surface area contributed by atoms with Gasteiger partial charge in [0.25, 0.3) is 11.5 Å². The van der Waals surface area contributed by atoms with Crippen molar-refractivity contribution < 1.29 is 14.4 Å². The van der Waals surface area contributed by atoms with E-state index in [-0.39, 0.29) is 45.9 Å². The van der Waals surface area contributed by atoms with E-state index in [4.69, 9.17) is 5.73 Å². The van der Waals surface area contributed by atoms with Crippen LogP contribution in [0.2, 0.25) is 0 Å². The van der Waals surface area contributed by atoms with Crippen LogP contribution in [0.3, 0.4) is 0 Å². The van der Waals surface area contributed by atoms with Crippen molar-refractivity contribution in [1.29, 1.82) is 0 Å². The lowest BCUT2D eigenvalue weighted by molar-refractivity contribution is -0.139. The van der Waals surface area contributed by atoms with E-state index in [0.717, 1.165) is 96.0 Å². The van der Waals surface area contributed by atoms with E-state index in [1.807, 2.05) is 14.0 Å². The van der Waals surface area contributed by atoms with E-state index in [1.165, 1.54) is 25.5 Å². The summed E-state index contributed by atoms with van der Waals surface area (Å²) in [6.07, 6.45) is 14.2. The molecule has 6 aliphatic rings. The van der Waals surface area contributed by atoms with Gasteiger partial charge in [-0.1, -0.05) is 0 Å². The van der Waals surface area contributed by atoms with Crippen LogP contribution in [0.1, 0.15) is 93.1 Å². The van der Waals surface area contributed by atoms with Crippen LogP contribution < -0.4 is 37.9 Å². The molecule has 4 saturated carbocycles. The number of hydrogen-bond donors (Lipinski definition) is 6. The highest BCUT2D eigenvalue weighted by Gasteiger charge is 2.55. The zero-order valence-corrected chi connectivity index (χ0v) is 32.2. The Bertz CT molecular complexity index is 2120. The summed E-state index contributed by atoms with van der Waals surface area (Å²) in [4.78, 5) is 72.3. The Morgan fingerprint density at radius 3 is 2.12 bits per heavy atom. The lowest BCUT2D eigenvalue weighted by atomic mass is 9.57. The molecule has 2 aliphatic heterocycles. The van der Waals surface area contributed by atoms with E-state index < -0.39 is 5.66 Å². The number of nitrogens with two attached hydrogens (primary N) is 1. The second-order valence-electron chi connectivity index (χ2n) is 18.0. The molecule has 7 N–H and O–H groups in total. The molecule has 5 fully saturated rings. The fourth-order valence-corrected chi connectivity index (χ4v) is 10.7. The highest BCUT2D eigenvalue weighted by Crippen LogP contribution is 2.59. The molecule has 0 atom stereocenters. The predicted molar refractivity (Wildman–Crippen MR) is 210 cm³/mol. The second-order valence-corrected chi connectivity index (χ2v) is 18.0. The zero-order chi connectivity index (χ0) is 38.9. The number of carbonyl (C=O) groups is 3. The average molecular weight is 765 g/mol. The van der Waals surface area contributed by atoms with Gasteiger partial charge in [0.2, 0.25) is 11.8 Å². The third-order valence-corrected chi connectivity index (χ3v) is 13.9. The van der Waals surface area contributed by atoms with Crippen LogP contribution in [0.25, 0.3) is 0 Å². The highest BCUT2D eigenvalue weighted by molar-refractivity contribution is 5.97. The number of nitrogens with one attached hydrogen (secondary N) is 5. The van der Waals surface area contributed by atoms with Gasteiger partial charge in [0.05, 0.1) is 0 Å². The molecule has 3 aromatic heterocycles. The van der Waals surface area contributed by atoms with E-state index in [2.05, 4.69) is 51.4 Å². The Morgan fingerprint density at radius 1 is 0.839 bits per heavy atom. The number of nitrogen functional groups attached to an aromatic ring is 1.